The number of thiophene rings is 1. The van der Waals surface area contributed by atoms with Crippen molar-refractivity contribution in [3.63, 3.8) is 0 Å². The molecule has 9 heteroatoms. The van der Waals surface area contributed by atoms with Gasteiger partial charge in [0.1, 0.15) is 17.9 Å². The first-order chi connectivity index (χ1) is 13.9. The average molecular weight is 435 g/mol. The number of aromatic nitrogens is 3. The smallest absolute Gasteiger partial charge is 0.291 e. The Hall–Kier alpha value is -2.16. The van der Waals surface area contributed by atoms with Crippen molar-refractivity contribution in [2.45, 2.75) is 45.2 Å². The van der Waals surface area contributed by atoms with E-state index in [0.717, 1.165) is 29.2 Å². The Morgan fingerprint density at radius 2 is 2.07 bits per heavy atom. The molecule has 3 aromatic rings. The van der Waals surface area contributed by atoms with Crippen LogP contribution in [0, 0.1) is 0 Å². The van der Waals surface area contributed by atoms with Gasteiger partial charge in [0.05, 0.1) is 14.9 Å². The van der Waals surface area contributed by atoms with Gasteiger partial charge in [0.15, 0.2) is 0 Å². The van der Waals surface area contributed by atoms with E-state index in [1.807, 2.05) is 36.4 Å². The number of amides is 1. The van der Waals surface area contributed by atoms with Crippen molar-refractivity contribution in [3.8, 4) is 10.6 Å². The molecule has 4 rings (SSSR count). The molecule has 1 aliphatic rings. The van der Waals surface area contributed by atoms with Crippen LogP contribution in [0.5, 0.6) is 0 Å². The van der Waals surface area contributed by atoms with E-state index in [2.05, 4.69) is 10.4 Å². The minimum Gasteiger partial charge on any atom is -0.381 e. The summed E-state index contributed by atoms with van der Waals surface area (Å²) in [5.74, 6) is 0.579. The van der Waals surface area contributed by atoms with E-state index in [4.69, 9.17) is 16.3 Å². The van der Waals surface area contributed by atoms with Gasteiger partial charge in [-0.2, -0.15) is 5.10 Å². The summed E-state index contributed by atoms with van der Waals surface area (Å²) in [4.78, 5) is 26.5. The highest BCUT2D eigenvalue weighted by molar-refractivity contribution is 7.19. The Morgan fingerprint density at radius 1 is 1.31 bits per heavy atom. The van der Waals surface area contributed by atoms with E-state index in [0.29, 0.717) is 23.1 Å². The number of ether oxygens (including phenoxy) is 1. The lowest BCUT2D eigenvalue weighted by atomic mass is 10.1. The quantitative estimate of drug-likeness (QED) is 0.668. The van der Waals surface area contributed by atoms with Crippen LogP contribution in [-0.2, 0) is 16.1 Å². The Morgan fingerprint density at radius 3 is 2.72 bits per heavy atom. The van der Waals surface area contributed by atoms with Crippen molar-refractivity contribution in [2.75, 3.05) is 13.2 Å². The second-order valence-corrected chi connectivity index (χ2v) is 9.19. The molecule has 7 nitrogen and oxygen atoms in total. The molecule has 154 valence electrons. The predicted molar refractivity (Wildman–Crippen MR) is 114 cm³/mol. The van der Waals surface area contributed by atoms with E-state index < -0.39 is 0 Å². The molecule has 1 N–H and O–H groups in total. The van der Waals surface area contributed by atoms with Crippen LogP contribution in [-0.4, -0.2) is 39.3 Å². The first kappa shape index (κ1) is 20.1. The fourth-order valence-electron chi connectivity index (χ4n) is 3.57. The zero-order valence-electron chi connectivity index (χ0n) is 16.4. The maximum Gasteiger partial charge on any atom is 0.291 e. The number of halogens is 1. The van der Waals surface area contributed by atoms with Gasteiger partial charge >= 0.3 is 0 Å². The molecule has 0 radical (unpaired) electrons. The number of hydrogen-bond acceptors (Lipinski definition) is 5. The van der Waals surface area contributed by atoms with Gasteiger partial charge in [0, 0.05) is 25.2 Å². The third-order valence-electron chi connectivity index (χ3n) is 5.01. The molecule has 29 heavy (non-hydrogen) atoms. The number of rotatable bonds is 5. The number of nitrogens with one attached hydrogen (secondary N) is 1. The summed E-state index contributed by atoms with van der Waals surface area (Å²) in [6.07, 6.45) is 1.57. The van der Waals surface area contributed by atoms with Crippen LogP contribution in [0.25, 0.3) is 16.1 Å². The topological polar surface area (TPSA) is 77.6 Å². The van der Waals surface area contributed by atoms with Crippen LogP contribution >= 0.6 is 22.9 Å². The van der Waals surface area contributed by atoms with Crippen LogP contribution in [0.4, 0.5) is 0 Å². The summed E-state index contributed by atoms with van der Waals surface area (Å²) in [6, 6.07) is 7.55. The van der Waals surface area contributed by atoms with Gasteiger partial charge in [-0.25, -0.2) is 4.68 Å². The number of fused-ring (bicyclic) bond motifs is 1. The molecule has 0 spiro atoms. The molecule has 3 aromatic heterocycles. The van der Waals surface area contributed by atoms with Crippen molar-refractivity contribution in [3.05, 3.63) is 44.8 Å². The summed E-state index contributed by atoms with van der Waals surface area (Å²) in [5.41, 5.74) is 1.09. The molecule has 1 fully saturated rings. The van der Waals surface area contributed by atoms with E-state index >= 15 is 0 Å². The second-order valence-electron chi connectivity index (χ2n) is 7.47. The van der Waals surface area contributed by atoms with Gasteiger partial charge in [-0.15, -0.1) is 11.3 Å². The van der Waals surface area contributed by atoms with Gasteiger partial charge in [-0.1, -0.05) is 25.4 Å². The molecule has 0 bridgehead atoms. The zero-order chi connectivity index (χ0) is 20.5. The third kappa shape index (κ3) is 4.10. The van der Waals surface area contributed by atoms with Gasteiger partial charge < -0.3 is 10.1 Å². The van der Waals surface area contributed by atoms with Crippen LogP contribution in [0.1, 0.15) is 38.4 Å². The standard InChI is InChI=1S/C20H23ClN4O3S/c1-12(2)19-23-24(11-18(26)22-13-7-9-28-10-8-13)20(27)15-4-3-14(25(15)19)16-5-6-17(21)29-16/h3-6,12-13H,7-11H2,1-2H3,(H,22,26). The number of nitrogens with zero attached hydrogens (tertiary/aromatic N) is 3. The van der Waals surface area contributed by atoms with E-state index in [1.165, 1.54) is 16.0 Å². The molecule has 0 aliphatic carbocycles. The maximum atomic E-state index is 13.0. The highest BCUT2D eigenvalue weighted by atomic mass is 35.5. The van der Waals surface area contributed by atoms with Crippen molar-refractivity contribution in [2.24, 2.45) is 0 Å². The summed E-state index contributed by atoms with van der Waals surface area (Å²) in [6.45, 7) is 5.23. The molecule has 0 saturated carbocycles. The molecule has 0 atom stereocenters. The van der Waals surface area contributed by atoms with Crippen molar-refractivity contribution < 1.29 is 9.53 Å². The number of carbonyl (C=O) groups is 1. The van der Waals surface area contributed by atoms with Crippen molar-refractivity contribution in [1.82, 2.24) is 19.5 Å². The van der Waals surface area contributed by atoms with Crippen molar-refractivity contribution in [1.29, 1.82) is 0 Å². The summed E-state index contributed by atoms with van der Waals surface area (Å²) >= 11 is 7.55. The molecule has 1 amide bonds. The van der Waals surface area contributed by atoms with Crippen molar-refractivity contribution >= 4 is 34.4 Å². The van der Waals surface area contributed by atoms with Gasteiger partial charge in [-0.05, 0) is 37.1 Å². The molecule has 4 heterocycles. The average Bonchev–Trinajstić information content (AvgIpc) is 3.31. The van der Waals surface area contributed by atoms with Crippen LogP contribution < -0.4 is 10.9 Å². The maximum absolute atomic E-state index is 13.0. The lowest BCUT2D eigenvalue weighted by Gasteiger charge is -2.23. The molecule has 0 aromatic carbocycles. The summed E-state index contributed by atoms with van der Waals surface area (Å²) < 4.78 is 9.15. The molecular formula is C20H23ClN4O3S. The lowest BCUT2D eigenvalue weighted by Crippen LogP contribution is -2.42. The molecule has 1 saturated heterocycles. The fraction of sp³-hybridized carbons (Fsp3) is 0.450. The summed E-state index contributed by atoms with van der Waals surface area (Å²) in [5, 5.41) is 7.54. The Kier molecular flexibility index (Phi) is 5.76. The Balaban J connectivity index is 1.70. The Bertz CT molecular complexity index is 1100. The molecule has 0 unspecified atom stereocenters. The highest BCUT2D eigenvalue weighted by Gasteiger charge is 2.21. The minimum absolute atomic E-state index is 0.0597. The number of hydrogen-bond donors (Lipinski definition) is 1. The predicted octanol–water partition coefficient (Wildman–Crippen LogP) is 3.30. The summed E-state index contributed by atoms with van der Waals surface area (Å²) in [7, 11) is 0. The first-order valence-corrected chi connectivity index (χ1v) is 10.9. The molecule has 1 aliphatic heterocycles. The SMILES string of the molecule is CC(C)c1nn(CC(=O)NC2CCOCC2)c(=O)c2ccc(-c3ccc(Cl)s3)n12. The molecular weight excluding hydrogens is 412 g/mol. The Labute approximate surface area is 177 Å². The second kappa shape index (κ2) is 8.30. The van der Waals surface area contributed by atoms with Crippen LogP contribution in [0.3, 0.4) is 0 Å². The van der Waals surface area contributed by atoms with Gasteiger partial charge in [-0.3, -0.25) is 14.0 Å². The van der Waals surface area contributed by atoms with Crippen LogP contribution in [0.2, 0.25) is 4.34 Å². The van der Waals surface area contributed by atoms with E-state index in [9.17, 15) is 9.59 Å². The largest absolute Gasteiger partial charge is 0.381 e. The normalized spacial score (nSPS) is 15.3. The van der Waals surface area contributed by atoms with Gasteiger partial charge in [0.25, 0.3) is 5.56 Å². The van der Waals surface area contributed by atoms with E-state index in [-0.39, 0.29) is 30.0 Å². The van der Waals surface area contributed by atoms with Crippen LogP contribution in [0.15, 0.2) is 29.1 Å². The highest BCUT2D eigenvalue weighted by Crippen LogP contribution is 2.32. The monoisotopic (exact) mass is 434 g/mol. The first-order valence-electron chi connectivity index (χ1n) is 9.69. The van der Waals surface area contributed by atoms with Gasteiger partial charge in [0.2, 0.25) is 5.91 Å². The zero-order valence-corrected chi connectivity index (χ0v) is 17.9. The van der Waals surface area contributed by atoms with E-state index in [1.54, 1.807) is 6.07 Å². The fourth-order valence-corrected chi connectivity index (χ4v) is 4.63. The number of carbonyl (C=O) groups excluding carboxylic acids is 1. The minimum atomic E-state index is -0.287. The lowest BCUT2D eigenvalue weighted by molar-refractivity contribution is -0.123. The third-order valence-corrected chi connectivity index (χ3v) is 6.26.